The van der Waals surface area contributed by atoms with Gasteiger partial charge in [-0.25, -0.2) is 4.39 Å². The zero-order valence-corrected chi connectivity index (χ0v) is 23.7. The van der Waals surface area contributed by atoms with E-state index in [0.29, 0.717) is 49.4 Å². The Balaban J connectivity index is 0.00000210. The molecule has 2 heterocycles. The second-order valence-corrected chi connectivity index (χ2v) is 9.91. The first kappa shape index (κ1) is 30.6. The molecule has 0 saturated carbocycles. The van der Waals surface area contributed by atoms with Gasteiger partial charge in [0.2, 0.25) is 0 Å². The molecule has 1 aromatic carbocycles. The van der Waals surface area contributed by atoms with E-state index in [1.165, 1.54) is 12.1 Å². The summed E-state index contributed by atoms with van der Waals surface area (Å²) in [6.45, 7) is 5.02. The van der Waals surface area contributed by atoms with E-state index in [1.54, 1.807) is 0 Å². The Morgan fingerprint density at radius 1 is 1.14 bits per heavy atom. The third-order valence-corrected chi connectivity index (χ3v) is 7.48. The van der Waals surface area contributed by atoms with Crippen LogP contribution >= 0.6 is 0 Å². The molecule has 193 valence electrons. The molecule has 4 atom stereocenters. The molecule has 0 radical (unpaired) electrons. The van der Waals surface area contributed by atoms with Gasteiger partial charge >= 0.3 is 22.4 Å². The molecule has 0 N–H and O–H groups in total. The van der Waals surface area contributed by atoms with Gasteiger partial charge in [0, 0.05) is 31.0 Å². The molecule has 2 aliphatic rings. The molecular weight excluding hydrogens is 571 g/mol. The fourth-order valence-electron chi connectivity index (χ4n) is 5.68. The zero-order chi connectivity index (χ0) is 25.8. The van der Waals surface area contributed by atoms with Crippen LogP contribution < -0.4 is 0 Å². The van der Waals surface area contributed by atoms with E-state index in [1.807, 2.05) is 19.1 Å². The zero-order valence-electron chi connectivity index (χ0n) is 20.2. The van der Waals surface area contributed by atoms with Gasteiger partial charge in [0.15, 0.2) is 0 Å². The van der Waals surface area contributed by atoms with Crippen LogP contribution in [-0.2, 0) is 57.2 Å². The average molecular weight is 607 g/mol. The second kappa shape index (κ2) is 16.3. The van der Waals surface area contributed by atoms with E-state index in [0.717, 1.165) is 63.2 Å². The molecule has 2 unspecified atom stereocenters. The van der Waals surface area contributed by atoms with Crippen molar-refractivity contribution >= 4 is 36.9 Å². The second-order valence-electron chi connectivity index (χ2n) is 9.09. The number of halogens is 1. The first-order valence-electron chi connectivity index (χ1n) is 12.3. The predicted octanol–water partition coefficient (Wildman–Crippen LogP) is 3.31. The normalized spacial score (nSPS) is 23.6. The number of Topliss-reactive ketones (excluding diaryl/α,β-unsaturated/α-hetero) is 1. The van der Waals surface area contributed by atoms with Gasteiger partial charge in [-0.15, -0.1) is 0 Å². The molecule has 0 aromatic heterocycles. The van der Waals surface area contributed by atoms with E-state index in [-0.39, 0.29) is 29.6 Å². The summed E-state index contributed by atoms with van der Waals surface area (Å²) >= 11 is 10.9. The fourth-order valence-corrected chi connectivity index (χ4v) is 6.03. The van der Waals surface area contributed by atoms with Crippen molar-refractivity contribution in [2.75, 3.05) is 44.2 Å². The Hall–Kier alpha value is -0.641. The third kappa shape index (κ3) is 8.71. The minimum absolute atomic E-state index is 0.0401. The minimum atomic E-state index is -0.239. The van der Waals surface area contributed by atoms with Crippen LogP contribution in [-0.4, -0.2) is 77.8 Å². The van der Waals surface area contributed by atoms with Gasteiger partial charge in [-0.3, -0.25) is 14.6 Å². The molecule has 3 rings (SSSR count). The van der Waals surface area contributed by atoms with Crippen LogP contribution in [0.3, 0.4) is 0 Å². The van der Waals surface area contributed by atoms with Crippen molar-refractivity contribution in [1.82, 2.24) is 9.80 Å². The molecule has 2 aliphatic heterocycles. The maximum absolute atomic E-state index is 13.5. The molecule has 10 heteroatoms. The molecule has 2 saturated heterocycles. The number of piperidine rings is 1. The van der Waals surface area contributed by atoms with Crippen molar-refractivity contribution in [3.05, 3.63) is 41.0 Å². The number of nitrogens with zero attached hydrogens (tertiary/aromatic N) is 3. The first-order chi connectivity index (χ1) is 17.0. The molecule has 1 amide bonds. The van der Waals surface area contributed by atoms with Crippen LogP contribution in [0.4, 0.5) is 4.39 Å². The van der Waals surface area contributed by atoms with Crippen molar-refractivity contribution in [1.29, 1.82) is 0 Å². The van der Waals surface area contributed by atoms with Crippen LogP contribution in [0.5, 0.6) is 0 Å². The van der Waals surface area contributed by atoms with Gasteiger partial charge in [-0.05, 0) is 68.9 Å². The molecule has 0 spiro atoms. The van der Waals surface area contributed by atoms with Gasteiger partial charge in [0.1, 0.15) is 11.6 Å². The van der Waals surface area contributed by atoms with E-state index in [4.69, 9.17) is 28.8 Å². The van der Waals surface area contributed by atoms with Crippen molar-refractivity contribution in [3.8, 4) is 0 Å². The summed E-state index contributed by atoms with van der Waals surface area (Å²) in [4.78, 5) is 29.7. The Labute approximate surface area is 230 Å². The number of hydrogen-bond acceptors (Lipinski definition) is 7. The number of amides is 1. The molecule has 2 bridgehead atoms. The van der Waals surface area contributed by atoms with Crippen molar-refractivity contribution in [2.24, 2.45) is 5.92 Å². The summed E-state index contributed by atoms with van der Waals surface area (Å²) in [6.07, 6.45) is 4.52. The average Bonchev–Trinajstić information content (AvgIpc) is 3.14. The number of carbonyl (C=O) groups excluding carboxylic acids is 2. The van der Waals surface area contributed by atoms with Crippen molar-refractivity contribution in [2.45, 2.75) is 57.0 Å². The Bertz CT molecular complexity index is 805. The number of rotatable bonds is 13. The summed E-state index contributed by atoms with van der Waals surface area (Å²) in [5.74, 6) is 1.10. The molecule has 6 nitrogen and oxygen atoms in total. The maximum atomic E-state index is 13.5. The number of fused-ring (bicyclic) bond motifs is 2. The summed E-state index contributed by atoms with van der Waals surface area (Å²) in [7, 11) is 0. The third-order valence-electron chi connectivity index (χ3n) is 7.12. The van der Waals surface area contributed by atoms with Crippen LogP contribution in [0.25, 0.3) is 5.32 Å². The summed E-state index contributed by atoms with van der Waals surface area (Å²) in [5, 5.41) is 3.99. The van der Waals surface area contributed by atoms with Gasteiger partial charge in [0.25, 0.3) is 0 Å². The number of ketones is 1. The Kier molecular flexibility index (Phi) is 14.2. The number of hydrogen-bond donors (Lipinski definition) is 0. The Morgan fingerprint density at radius 3 is 2.49 bits per heavy atom. The number of carbonyl (C=O) groups is 2. The number of benzene rings is 1. The van der Waals surface area contributed by atoms with E-state index in [2.05, 4.69) is 15.1 Å². The fraction of sp³-hybridized carbons (Fsp3) is 0.680. The van der Waals surface area contributed by atoms with Crippen LogP contribution in [0.2, 0.25) is 0 Å². The van der Waals surface area contributed by atoms with Gasteiger partial charge in [-0.1, -0.05) is 19.1 Å². The summed E-state index contributed by atoms with van der Waals surface area (Å²) in [5.41, 5.74) is 1.08. The standard InChI is InChI=1S/C25H38FN3O2S2.O.Tc/c1-2-23(30)25-21(18-4-6-19(26)7-5-18)16-20-8-9-22(25)29(20)12-3-11-28(13-15-33)17-24(31)27-10-14-32;;/h4-7,20-22,25H,2-3,8-17H2,1H3,(H3,27,31,32,33);;/q;;+4/p-3/t20-,21+,22?,25?;;/m1../s1. The molecule has 35 heavy (non-hydrogen) atoms. The van der Waals surface area contributed by atoms with Crippen LogP contribution in [0.15, 0.2) is 24.3 Å². The van der Waals surface area contributed by atoms with Crippen LogP contribution in [0, 0.1) is 11.7 Å². The van der Waals surface area contributed by atoms with Crippen LogP contribution in [0.1, 0.15) is 50.5 Å². The van der Waals surface area contributed by atoms with Crippen molar-refractivity contribution in [3.63, 3.8) is 0 Å². The Morgan fingerprint density at radius 2 is 1.86 bits per heavy atom. The van der Waals surface area contributed by atoms with Crippen molar-refractivity contribution < 1.29 is 36.3 Å². The predicted molar refractivity (Wildman–Crippen MR) is 136 cm³/mol. The van der Waals surface area contributed by atoms with E-state index < -0.39 is 0 Å². The molecule has 1 aromatic rings. The van der Waals surface area contributed by atoms with E-state index in [9.17, 15) is 14.0 Å². The van der Waals surface area contributed by atoms with Gasteiger partial charge in [0.05, 0.1) is 5.91 Å². The summed E-state index contributed by atoms with van der Waals surface area (Å²) in [6, 6.07) is 7.40. The molecule has 2 fully saturated rings. The topological polar surface area (TPSA) is 71.8 Å². The SMILES string of the molecule is CCC(=O)C1C2CC[C@H](C[C@H]1c1ccc(F)cc1)N2CCCN(CC[S-])CC(=O)[N-]CC[S-].[O]=[Tc+4]. The summed E-state index contributed by atoms with van der Waals surface area (Å²) < 4.78 is 21.7. The quantitative estimate of drug-likeness (QED) is 0.319. The van der Waals surface area contributed by atoms with Gasteiger partial charge in [-0.2, -0.15) is 18.1 Å². The first-order valence-corrected chi connectivity index (χ1v) is 14.2. The molecule has 0 aliphatic carbocycles. The van der Waals surface area contributed by atoms with E-state index >= 15 is 0 Å². The van der Waals surface area contributed by atoms with Gasteiger partial charge < -0.3 is 35.4 Å². The monoisotopic (exact) mass is 605 g/mol. The molecular formula is C25H35FN3O3S2Tc+.